The Balaban J connectivity index is 2.59. The van der Waals surface area contributed by atoms with E-state index in [1.54, 1.807) is 0 Å². The van der Waals surface area contributed by atoms with Crippen molar-refractivity contribution in [3.8, 4) is 0 Å². The molecule has 2 rings (SSSR count). The Morgan fingerprint density at radius 1 is 0.850 bits per heavy atom. The van der Waals surface area contributed by atoms with Gasteiger partial charge in [0.1, 0.15) is 5.82 Å². The number of carbonyl (C=O) groups excluding carboxylic acids is 1. The van der Waals surface area contributed by atoms with Crippen molar-refractivity contribution in [2.45, 2.75) is 0 Å². The van der Waals surface area contributed by atoms with E-state index < -0.39 is 11.6 Å². The first-order valence-corrected chi connectivity index (χ1v) is 7.04. The van der Waals surface area contributed by atoms with E-state index in [0.717, 1.165) is 6.07 Å². The molecule has 1 nitrogen and oxygen atoms in total. The molecule has 0 aliphatic carbocycles. The second-order valence-electron chi connectivity index (χ2n) is 3.80. The summed E-state index contributed by atoms with van der Waals surface area (Å²) in [5.41, 5.74) is 0.129. The second-order valence-corrected chi connectivity index (χ2v) is 5.78. The molecule has 0 aliphatic rings. The zero-order valence-electron chi connectivity index (χ0n) is 9.49. The van der Waals surface area contributed by atoms with Gasteiger partial charge >= 0.3 is 0 Å². The molecule has 7 heteroatoms. The lowest BCUT2D eigenvalue weighted by Gasteiger charge is -2.09. The maximum Gasteiger partial charge on any atom is 0.196 e. The number of rotatable bonds is 2. The quantitative estimate of drug-likeness (QED) is 0.342. The minimum absolute atomic E-state index is 0.00888. The van der Waals surface area contributed by atoms with Crippen LogP contribution in [0.5, 0.6) is 0 Å². The molecule has 0 atom stereocenters. The third kappa shape index (κ3) is 2.90. The number of hydrogen-bond donors (Lipinski definition) is 0. The van der Waals surface area contributed by atoms with Crippen LogP contribution >= 0.6 is 58.0 Å². The van der Waals surface area contributed by atoms with Crippen molar-refractivity contribution < 1.29 is 9.18 Å². The molecule has 0 spiro atoms. The van der Waals surface area contributed by atoms with Crippen molar-refractivity contribution >= 4 is 63.8 Å². The molecule has 0 saturated carbocycles. The Morgan fingerprint density at radius 3 is 2.10 bits per heavy atom. The summed E-state index contributed by atoms with van der Waals surface area (Å²) in [6.45, 7) is 0. The zero-order valence-corrected chi connectivity index (χ0v) is 13.3. The molecule has 0 N–H and O–H groups in total. The van der Waals surface area contributed by atoms with Crippen LogP contribution in [0, 0.1) is 5.82 Å². The summed E-state index contributed by atoms with van der Waals surface area (Å²) < 4.78 is 13.1. The van der Waals surface area contributed by atoms with Gasteiger partial charge in [0.25, 0.3) is 0 Å². The number of halogens is 6. The smallest absolute Gasteiger partial charge is 0.196 e. The summed E-state index contributed by atoms with van der Waals surface area (Å²) in [5.74, 6) is -1.16. The van der Waals surface area contributed by atoms with Crippen LogP contribution < -0.4 is 0 Å². The van der Waals surface area contributed by atoms with Crippen LogP contribution in [0.4, 0.5) is 4.39 Å². The van der Waals surface area contributed by atoms with Gasteiger partial charge in [0.2, 0.25) is 0 Å². The van der Waals surface area contributed by atoms with Gasteiger partial charge in [-0.15, -0.1) is 0 Å². The number of carbonyl (C=O) groups is 1. The molecule has 2 aromatic rings. The van der Waals surface area contributed by atoms with Crippen molar-refractivity contribution in [2.24, 2.45) is 0 Å². The van der Waals surface area contributed by atoms with Crippen molar-refractivity contribution in [2.75, 3.05) is 0 Å². The molecule has 0 unspecified atom stereocenters. The monoisotopic (exact) mass is 370 g/mol. The van der Waals surface area contributed by atoms with Gasteiger partial charge in [-0.25, -0.2) is 4.39 Å². The highest BCUT2D eigenvalue weighted by Gasteiger charge is 2.21. The van der Waals surface area contributed by atoms with Crippen LogP contribution in [0.25, 0.3) is 0 Å². The highest BCUT2D eigenvalue weighted by molar-refractivity contribution is 6.51. The molecular weight excluding hydrogens is 368 g/mol. The molecule has 2 aromatic carbocycles. The maximum absolute atomic E-state index is 13.1. The fraction of sp³-hybridized carbons (Fsp3) is 0. The van der Waals surface area contributed by atoms with E-state index in [1.807, 2.05) is 0 Å². The third-order valence-corrected chi connectivity index (χ3v) is 4.37. The van der Waals surface area contributed by atoms with Crippen molar-refractivity contribution in [3.63, 3.8) is 0 Å². The average Bonchev–Trinajstić information content (AvgIpc) is 2.39. The summed E-state index contributed by atoms with van der Waals surface area (Å²) >= 11 is 29.3. The first-order chi connectivity index (χ1) is 9.32. The van der Waals surface area contributed by atoms with Crippen molar-refractivity contribution in [1.29, 1.82) is 0 Å². The lowest BCUT2D eigenvalue weighted by molar-refractivity contribution is 0.103. The Labute approximate surface area is 139 Å². The maximum atomic E-state index is 13.1. The van der Waals surface area contributed by atoms with Crippen LogP contribution in [-0.2, 0) is 0 Å². The molecule has 0 heterocycles. The van der Waals surface area contributed by atoms with Gasteiger partial charge in [-0.1, -0.05) is 58.0 Å². The predicted octanol–water partition coefficient (Wildman–Crippen LogP) is 6.32. The summed E-state index contributed by atoms with van der Waals surface area (Å²) in [6.07, 6.45) is 0. The lowest BCUT2D eigenvalue weighted by atomic mass is 10.0. The molecule has 20 heavy (non-hydrogen) atoms. The van der Waals surface area contributed by atoms with Gasteiger partial charge in [0, 0.05) is 5.56 Å². The van der Waals surface area contributed by atoms with Crippen LogP contribution in [0.3, 0.4) is 0 Å². The third-order valence-electron chi connectivity index (χ3n) is 2.52. The highest BCUT2D eigenvalue weighted by atomic mass is 35.5. The molecule has 0 aliphatic heterocycles. The molecule has 0 aromatic heterocycles. The van der Waals surface area contributed by atoms with Gasteiger partial charge in [-0.2, -0.15) is 0 Å². The summed E-state index contributed by atoms with van der Waals surface area (Å²) in [4.78, 5) is 12.4. The topological polar surface area (TPSA) is 17.1 Å². The Morgan fingerprint density at radius 2 is 1.50 bits per heavy atom. The van der Waals surface area contributed by atoms with E-state index in [1.165, 1.54) is 18.2 Å². The van der Waals surface area contributed by atoms with E-state index in [9.17, 15) is 9.18 Å². The largest absolute Gasteiger partial charge is 0.288 e. The Hall–Kier alpha value is -0.510. The predicted molar refractivity (Wildman–Crippen MR) is 81.3 cm³/mol. The van der Waals surface area contributed by atoms with Crippen LogP contribution in [0.1, 0.15) is 15.9 Å². The van der Waals surface area contributed by atoms with Crippen LogP contribution in [0.2, 0.25) is 25.1 Å². The standard InChI is InChI=1S/C13H4Cl5FO/c14-6-3-5(1-2-9(6)19)13(20)10-7(15)4-8(16)11(17)12(10)18/h1-4H. The minimum atomic E-state index is -0.630. The Bertz CT molecular complexity index is 714. The van der Waals surface area contributed by atoms with Gasteiger partial charge < -0.3 is 0 Å². The Kier molecular flexibility index (Phi) is 4.83. The average molecular weight is 372 g/mol. The molecule has 0 saturated heterocycles. The van der Waals surface area contributed by atoms with E-state index >= 15 is 0 Å². The number of hydrogen-bond acceptors (Lipinski definition) is 1. The van der Waals surface area contributed by atoms with Gasteiger partial charge in [0.05, 0.1) is 30.7 Å². The molecule has 104 valence electrons. The van der Waals surface area contributed by atoms with Gasteiger partial charge in [0.15, 0.2) is 5.78 Å². The molecular formula is C13H4Cl5FO. The minimum Gasteiger partial charge on any atom is -0.288 e. The van der Waals surface area contributed by atoms with E-state index in [4.69, 9.17) is 58.0 Å². The van der Waals surface area contributed by atoms with Crippen LogP contribution in [-0.4, -0.2) is 5.78 Å². The van der Waals surface area contributed by atoms with E-state index in [-0.39, 0.29) is 36.2 Å². The fourth-order valence-electron chi connectivity index (χ4n) is 1.56. The van der Waals surface area contributed by atoms with Crippen molar-refractivity contribution in [3.05, 3.63) is 66.3 Å². The van der Waals surface area contributed by atoms with Crippen LogP contribution in [0.15, 0.2) is 24.3 Å². The molecule has 0 radical (unpaired) electrons. The normalized spacial score (nSPS) is 10.7. The van der Waals surface area contributed by atoms with Gasteiger partial charge in [-0.3, -0.25) is 4.79 Å². The summed E-state index contributed by atoms with van der Waals surface area (Å²) in [7, 11) is 0. The van der Waals surface area contributed by atoms with Crippen molar-refractivity contribution in [1.82, 2.24) is 0 Å². The lowest BCUT2D eigenvalue weighted by Crippen LogP contribution is -2.04. The SMILES string of the molecule is O=C(c1ccc(F)c(Cl)c1)c1c(Cl)cc(Cl)c(Cl)c1Cl. The first kappa shape index (κ1) is 15.9. The summed E-state index contributed by atoms with van der Waals surface area (Å²) in [5, 5.41) is -0.0303. The highest BCUT2D eigenvalue weighted by Crippen LogP contribution is 2.38. The fourth-order valence-corrected chi connectivity index (χ4v) is 2.82. The van der Waals surface area contributed by atoms with Gasteiger partial charge in [-0.05, 0) is 24.3 Å². The van der Waals surface area contributed by atoms with E-state index in [0.29, 0.717) is 0 Å². The summed E-state index contributed by atoms with van der Waals surface area (Å²) in [6, 6.07) is 4.86. The zero-order chi connectivity index (χ0) is 15.0. The second kappa shape index (κ2) is 6.08. The first-order valence-electron chi connectivity index (χ1n) is 5.15. The number of ketones is 1. The molecule has 0 bridgehead atoms. The molecule has 0 amide bonds. The number of benzene rings is 2. The molecule has 0 fully saturated rings. The van der Waals surface area contributed by atoms with E-state index in [2.05, 4.69) is 0 Å².